The summed E-state index contributed by atoms with van der Waals surface area (Å²) in [6, 6.07) is 4.64. The van der Waals surface area contributed by atoms with Crippen molar-refractivity contribution in [2.24, 2.45) is 0 Å². The zero-order valence-corrected chi connectivity index (χ0v) is 13.8. The third kappa shape index (κ3) is 3.76. The van der Waals surface area contributed by atoms with Gasteiger partial charge in [0.15, 0.2) is 0 Å². The van der Waals surface area contributed by atoms with Crippen LogP contribution in [0.25, 0.3) is 0 Å². The van der Waals surface area contributed by atoms with Gasteiger partial charge >= 0.3 is 0 Å². The van der Waals surface area contributed by atoms with Gasteiger partial charge in [-0.25, -0.2) is 18.1 Å². The summed E-state index contributed by atoms with van der Waals surface area (Å²) in [4.78, 5) is 4.25. The molecule has 0 fully saturated rings. The Hall–Kier alpha value is -0.470. The maximum atomic E-state index is 12.1. The molecule has 1 N–H and O–H groups in total. The normalized spacial score (nSPS) is 11.7. The van der Waals surface area contributed by atoms with Crippen molar-refractivity contribution in [1.29, 1.82) is 0 Å². The molecular weight excluding hydrogens is 372 g/mol. The molecule has 19 heavy (non-hydrogen) atoms. The Kier molecular flexibility index (Phi) is 4.62. The number of sulfonamides is 1. The van der Waals surface area contributed by atoms with Gasteiger partial charge in [0.05, 0.1) is 22.3 Å². The smallest absolute Gasteiger partial charge is 0.242 e. The highest BCUT2D eigenvalue weighted by atomic mass is 79.9. The highest BCUT2D eigenvalue weighted by Crippen LogP contribution is 2.25. The van der Waals surface area contributed by atoms with E-state index in [1.807, 2.05) is 12.3 Å². The Morgan fingerprint density at radius 1 is 1.47 bits per heavy atom. The van der Waals surface area contributed by atoms with Gasteiger partial charge in [0.25, 0.3) is 0 Å². The average Bonchev–Trinajstić information content (AvgIpc) is 2.72. The quantitative estimate of drug-likeness (QED) is 0.883. The molecule has 2 rings (SSSR count). The van der Waals surface area contributed by atoms with E-state index in [2.05, 4.69) is 25.6 Å². The molecular formula is C11H10BrClN2O2S2. The van der Waals surface area contributed by atoms with Crippen molar-refractivity contribution in [3.63, 3.8) is 0 Å². The van der Waals surface area contributed by atoms with Gasteiger partial charge in [-0.3, -0.25) is 0 Å². The van der Waals surface area contributed by atoms with Crippen molar-refractivity contribution in [3.05, 3.63) is 43.8 Å². The third-order valence-electron chi connectivity index (χ3n) is 2.29. The van der Waals surface area contributed by atoms with Gasteiger partial charge in [0, 0.05) is 9.85 Å². The molecule has 0 saturated heterocycles. The fourth-order valence-corrected chi connectivity index (χ4v) is 4.08. The average molecular weight is 382 g/mol. The lowest BCUT2D eigenvalue weighted by Crippen LogP contribution is -2.23. The van der Waals surface area contributed by atoms with Crippen LogP contribution < -0.4 is 4.72 Å². The topological polar surface area (TPSA) is 59.1 Å². The predicted molar refractivity (Wildman–Crippen MR) is 80.0 cm³/mol. The van der Waals surface area contributed by atoms with Gasteiger partial charge in [-0.1, -0.05) is 27.5 Å². The summed E-state index contributed by atoms with van der Waals surface area (Å²) < 4.78 is 27.4. The molecule has 0 aliphatic rings. The molecule has 0 bridgehead atoms. The first-order valence-corrected chi connectivity index (χ1v) is 8.77. The van der Waals surface area contributed by atoms with Gasteiger partial charge in [-0.05, 0) is 25.1 Å². The van der Waals surface area contributed by atoms with Gasteiger partial charge in [-0.2, -0.15) is 0 Å². The van der Waals surface area contributed by atoms with E-state index in [9.17, 15) is 8.42 Å². The van der Waals surface area contributed by atoms with E-state index in [1.54, 1.807) is 12.1 Å². The highest BCUT2D eigenvalue weighted by molar-refractivity contribution is 9.10. The lowest BCUT2D eigenvalue weighted by atomic mass is 10.4. The molecule has 0 amide bonds. The molecule has 4 nitrogen and oxygen atoms in total. The standard InChI is InChI=1S/C11H10BrClN2O2S2/c1-7-15-9(6-18-7)5-14-19(16,17)11-3-2-8(12)4-10(11)13/h2-4,6,14H,5H2,1H3. The molecule has 1 heterocycles. The number of nitrogens with one attached hydrogen (secondary N) is 1. The Morgan fingerprint density at radius 3 is 2.79 bits per heavy atom. The molecule has 2 aromatic rings. The molecule has 0 aliphatic heterocycles. The first-order chi connectivity index (χ1) is 8.88. The maximum absolute atomic E-state index is 12.1. The van der Waals surface area contributed by atoms with Gasteiger partial charge in [0.2, 0.25) is 10.0 Å². The van der Waals surface area contributed by atoms with Crippen LogP contribution in [0.4, 0.5) is 0 Å². The lowest BCUT2D eigenvalue weighted by Gasteiger charge is -2.07. The van der Waals surface area contributed by atoms with Crippen LogP contribution in [0.2, 0.25) is 5.02 Å². The number of rotatable bonds is 4. The fourth-order valence-electron chi connectivity index (χ4n) is 1.43. The highest BCUT2D eigenvalue weighted by Gasteiger charge is 2.18. The number of hydrogen-bond acceptors (Lipinski definition) is 4. The molecule has 0 saturated carbocycles. The van der Waals surface area contributed by atoms with Gasteiger partial charge in [0.1, 0.15) is 4.90 Å². The van der Waals surface area contributed by atoms with Gasteiger partial charge < -0.3 is 0 Å². The van der Waals surface area contributed by atoms with Gasteiger partial charge in [-0.15, -0.1) is 11.3 Å². The van der Waals surface area contributed by atoms with Crippen molar-refractivity contribution in [3.8, 4) is 0 Å². The van der Waals surface area contributed by atoms with E-state index < -0.39 is 10.0 Å². The van der Waals surface area contributed by atoms with Crippen LogP contribution in [-0.4, -0.2) is 13.4 Å². The minimum Gasteiger partial charge on any atom is -0.245 e. The van der Waals surface area contributed by atoms with Crippen molar-refractivity contribution in [1.82, 2.24) is 9.71 Å². The van der Waals surface area contributed by atoms with Crippen LogP contribution in [-0.2, 0) is 16.6 Å². The lowest BCUT2D eigenvalue weighted by molar-refractivity contribution is 0.580. The second-order valence-corrected chi connectivity index (χ2v) is 7.88. The largest absolute Gasteiger partial charge is 0.245 e. The van der Waals surface area contributed by atoms with Crippen LogP contribution in [0.1, 0.15) is 10.7 Å². The zero-order chi connectivity index (χ0) is 14.0. The summed E-state index contributed by atoms with van der Waals surface area (Å²) in [7, 11) is -3.63. The van der Waals surface area contributed by atoms with E-state index in [0.717, 1.165) is 9.48 Å². The summed E-state index contributed by atoms with van der Waals surface area (Å²) in [5, 5.41) is 2.90. The molecule has 0 unspecified atom stereocenters. The number of benzene rings is 1. The minimum absolute atomic E-state index is 0.0596. The van der Waals surface area contributed by atoms with Crippen molar-refractivity contribution >= 4 is 48.9 Å². The molecule has 0 aliphatic carbocycles. The van der Waals surface area contributed by atoms with Crippen LogP contribution >= 0.6 is 38.9 Å². The Balaban J connectivity index is 2.18. The Labute approximate surface area is 129 Å². The molecule has 1 aromatic heterocycles. The number of nitrogens with zero attached hydrogens (tertiary/aromatic N) is 1. The second-order valence-electron chi connectivity index (χ2n) is 3.76. The summed E-state index contributed by atoms with van der Waals surface area (Å²) >= 11 is 10.6. The van der Waals surface area contributed by atoms with E-state index in [4.69, 9.17) is 11.6 Å². The maximum Gasteiger partial charge on any atom is 0.242 e. The van der Waals surface area contributed by atoms with Crippen molar-refractivity contribution < 1.29 is 8.42 Å². The third-order valence-corrected chi connectivity index (χ3v) is 5.49. The second kappa shape index (κ2) is 5.88. The Bertz CT molecular complexity index is 700. The molecule has 0 spiro atoms. The summed E-state index contributed by atoms with van der Waals surface area (Å²) in [5.41, 5.74) is 0.694. The molecule has 0 radical (unpaired) electrons. The first kappa shape index (κ1) is 14.9. The fraction of sp³-hybridized carbons (Fsp3) is 0.182. The van der Waals surface area contributed by atoms with Crippen molar-refractivity contribution in [2.75, 3.05) is 0 Å². The first-order valence-electron chi connectivity index (χ1n) is 5.24. The number of aromatic nitrogens is 1. The SMILES string of the molecule is Cc1nc(CNS(=O)(=O)c2ccc(Br)cc2Cl)cs1. The van der Waals surface area contributed by atoms with E-state index in [0.29, 0.717) is 5.69 Å². The van der Waals surface area contributed by atoms with Crippen LogP contribution in [0.5, 0.6) is 0 Å². The van der Waals surface area contributed by atoms with E-state index in [-0.39, 0.29) is 16.5 Å². The predicted octanol–water partition coefficient (Wildman–Crippen LogP) is 3.35. The summed E-state index contributed by atoms with van der Waals surface area (Å²) in [6.45, 7) is 2.02. The molecule has 8 heteroatoms. The number of thiazole rings is 1. The van der Waals surface area contributed by atoms with E-state index in [1.165, 1.54) is 17.4 Å². The van der Waals surface area contributed by atoms with Crippen LogP contribution in [0, 0.1) is 6.92 Å². The number of halogens is 2. The van der Waals surface area contributed by atoms with Crippen molar-refractivity contribution in [2.45, 2.75) is 18.4 Å². The number of hydrogen-bond donors (Lipinski definition) is 1. The molecule has 0 atom stereocenters. The minimum atomic E-state index is -3.63. The Morgan fingerprint density at radius 2 is 2.21 bits per heavy atom. The number of aryl methyl sites for hydroxylation is 1. The van der Waals surface area contributed by atoms with E-state index >= 15 is 0 Å². The molecule has 1 aromatic carbocycles. The summed E-state index contributed by atoms with van der Waals surface area (Å²) in [6.07, 6.45) is 0. The molecule has 102 valence electrons. The monoisotopic (exact) mass is 380 g/mol. The van der Waals surface area contributed by atoms with Crippen LogP contribution in [0.15, 0.2) is 32.9 Å². The van der Waals surface area contributed by atoms with Crippen LogP contribution in [0.3, 0.4) is 0 Å². The summed E-state index contributed by atoms with van der Waals surface area (Å²) in [5.74, 6) is 0. The zero-order valence-electron chi connectivity index (χ0n) is 9.85.